The lowest BCUT2D eigenvalue weighted by Crippen LogP contribution is -2.53. The van der Waals surface area contributed by atoms with E-state index in [9.17, 15) is 9.59 Å². The van der Waals surface area contributed by atoms with E-state index in [4.69, 9.17) is 17.3 Å². The number of nitrogens with two attached hydrogens (primary N) is 1. The van der Waals surface area contributed by atoms with Crippen LogP contribution < -0.4 is 5.73 Å². The van der Waals surface area contributed by atoms with E-state index in [0.29, 0.717) is 24.4 Å². The average Bonchev–Trinajstić information content (AvgIpc) is 2.44. The highest BCUT2D eigenvalue weighted by molar-refractivity contribution is 6.30. The van der Waals surface area contributed by atoms with E-state index in [2.05, 4.69) is 0 Å². The number of halogens is 1. The zero-order chi connectivity index (χ0) is 15.6. The van der Waals surface area contributed by atoms with Crippen LogP contribution in [0.3, 0.4) is 0 Å². The van der Waals surface area contributed by atoms with Crippen LogP contribution in [-0.2, 0) is 9.59 Å². The first kappa shape index (κ1) is 15.9. The van der Waals surface area contributed by atoms with Crippen molar-refractivity contribution in [2.75, 3.05) is 20.6 Å². The fraction of sp³-hybridized carbons (Fsp3) is 0.467. The van der Waals surface area contributed by atoms with E-state index in [0.717, 1.165) is 5.56 Å². The molecule has 0 aliphatic carbocycles. The van der Waals surface area contributed by atoms with Gasteiger partial charge in [-0.15, -0.1) is 0 Å². The minimum atomic E-state index is -0.573. The number of rotatable bonds is 4. The van der Waals surface area contributed by atoms with Crippen molar-refractivity contribution in [3.05, 3.63) is 34.9 Å². The van der Waals surface area contributed by atoms with E-state index in [1.807, 2.05) is 31.1 Å². The van der Waals surface area contributed by atoms with Gasteiger partial charge in [0, 0.05) is 18.0 Å². The first-order valence-electron chi connectivity index (χ1n) is 6.92. The largest absolute Gasteiger partial charge is 0.320 e. The summed E-state index contributed by atoms with van der Waals surface area (Å²) < 4.78 is 0. The summed E-state index contributed by atoms with van der Waals surface area (Å²) >= 11 is 5.90. The molecule has 0 spiro atoms. The molecular formula is C15H20ClN3O2. The van der Waals surface area contributed by atoms with Gasteiger partial charge in [-0.1, -0.05) is 23.7 Å². The van der Waals surface area contributed by atoms with Gasteiger partial charge in [-0.05, 0) is 38.2 Å². The Morgan fingerprint density at radius 3 is 2.52 bits per heavy atom. The molecule has 2 N–H and O–H groups in total. The molecule has 1 aliphatic heterocycles. The number of likely N-dealkylation sites (tertiary alicyclic amines) is 1. The molecule has 2 amide bonds. The zero-order valence-corrected chi connectivity index (χ0v) is 13.0. The Kier molecular flexibility index (Phi) is 4.98. The van der Waals surface area contributed by atoms with Crippen molar-refractivity contribution < 1.29 is 9.59 Å². The summed E-state index contributed by atoms with van der Waals surface area (Å²) in [6.45, 7) is 0.306. The lowest BCUT2D eigenvalue weighted by atomic mass is 10.0. The van der Waals surface area contributed by atoms with E-state index in [1.54, 1.807) is 12.1 Å². The van der Waals surface area contributed by atoms with Crippen molar-refractivity contribution in [2.24, 2.45) is 5.73 Å². The highest BCUT2D eigenvalue weighted by Crippen LogP contribution is 2.23. The molecule has 0 aromatic heterocycles. The first-order chi connectivity index (χ1) is 9.90. The van der Waals surface area contributed by atoms with Crippen LogP contribution in [-0.4, -0.2) is 48.3 Å². The Morgan fingerprint density at radius 2 is 1.95 bits per heavy atom. The summed E-state index contributed by atoms with van der Waals surface area (Å²) in [7, 11) is 3.83. The molecule has 1 aliphatic rings. The quantitative estimate of drug-likeness (QED) is 0.854. The van der Waals surface area contributed by atoms with Crippen molar-refractivity contribution in [3.63, 3.8) is 0 Å². The third-order valence-electron chi connectivity index (χ3n) is 3.79. The highest BCUT2D eigenvalue weighted by atomic mass is 35.5. The van der Waals surface area contributed by atoms with Crippen molar-refractivity contribution in [2.45, 2.75) is 24.9 Å². The minimum absolute atomic E-state index is 0.0829. The number of piperidine rings is 1. The summed E-state index contributed by atoms with van der Waals surface area (Å²) in [5.41, 5.74) is 6.77. The standard InChI is InChI=1S/C15H20ClN3O2/c1-18(2)13(10-3-5-11(16)6-4-10)9-19-14(20)8-7-12(17)15(19)21/h3-6,12-13H,7-9,17H2,1-2H3/t12-,13?/m0/s1. The molecule has 1 saturated heterocycles. The molecule has 1 aromatic carbocycles. The van der Waals surface area contributed by atoms with E-state index in [-0.39, 0.29) is 17.9 Å². The number of hydrogen-bond acceptors (Lipinski definition) is 4. The molecular weight excluding hydrogens is 290 g/mol. The van der Waals surface area contributed by atoms with Crippen molar-refractivity contribution in [1.29, 1.82) is 0 Å². The molecule has 0 bridgehead atoms. The number of amides is 2. The van der Waals surface area contributed by atoms with Gasteiger partial charge in [-0.3, -0.25) is 14.5 Å². The number of nitrogens with zero attached hydrogens (tertiary/aromatic N) is 2. The second kappa shape index (κ2) is 6.56. The van der Waals surface area contributed by atoms with Crippen LogP contribution in [0.4, 0.5) is 0 Å². The smallest absolute Gasteiger partial charge is 0.246 e. The minimum Gasteiger partial charge on any atom is -0.320 e. The summed E-state index contributed by atoms with van der Waals surface area (Å²) in [5, 5.41) is 0.656. The molecule has 1 aromatic rings. The van der Waals surface area contributed by atoms with Crippen LogP contribution in [0.15, 0.2) is 24.3 Å². The summed E-state index contributed by atoms with van der Waals surface area (Å²) in [6.07, 6.45) is 0.759. The molecule has 21 heavy (non-hydrogen) atoms. The summed E-state index contributed by atoms with van der Waals surface area (Å²) in [4.78, 5) is 27.4. The molecule has 1 unspecified atom stereocenters. The molecule has 1 heterocycles. The van der Waals surface area contributed by atoms with Gasteiger partial charge in [0.1, 0.15) is 0 Å². The maximum Gasteiger partial charge on any atom is 0.246 e. The number of hydrogen-bond donors (Lipinski definition) is 1. The van der Waals surface area contributed by atoms with E-state index >= 15 is 0 Å². The SMILES string of the molecule is CN(C)C(CN1C(=O)CC[C@H](N)C1=O)c1ccc(Cl)cc1. The molecule has 6 heteroatoms. The van der Waals surface area contributed by atoms with Gasteiger partial charge in [0.25, 0.3) is 0 Å². The number of likely N-dealkylation sites (N-methyl/N-ethyl adjacent to an activating group) is 1. The predicted molar refractivity (Wildman–Crippen MR) is 81.8 cm³/mol. The third-order valence-corrected chi connectivity index (χ3v) is 4.04. The maximum absolute atomic E-state index is 12.1. The number of imide groups is 1. The van der Waals surface area contributed by atoms with Crippen LogP contribution in [0.25, 0.3) is 0 Å². The first-order valence-corrected chi connectivity index (χ1v) is 7.29. The highest BCUT2D eigenvalue weighted by Gasteiger charge is 2.34. The Balaban J connectivity index is 2.21. The fourth-order valence-corrected chi connectivity index (χ4v) is 2.60. The van der Waals surface area contributed by atoms with Crippen molar-refractivity contribution in [3.8, 4) is 0 Å². The summed E-state index contributed by atoms with van der Waals surface area (Å²) in [6, 6.07) is 6.77. The van der Waals surface area contributed by atoms with Crippen LogP contribution in [0.5, 0.6) is 0 Å². The van der Waals surface area contributed by atoms with Crippen LogP contribution in [0.1, 0.15) is 24.4 Å². The third kappa shape index (κ3) is 3.61. The second-order valence-electron chi connectivity index (χ2n) is 5.52. The van der Waals surface area contributed by atoms with E-state index in [1.165, 1.54) is 4.90 Å². The molecule has 2 atom stereocenters. The van der Waals surface area contributed by atoms with Gasteiger partial charge in [0.05, 0.1) is 12.1 Å². The number of carbonyl (C=O) groups excluding carboxylic acids is 2. The Labute approximate surface area is 129 Å². The topological polar surface area (TPSA) is 66.6 Å². The van der Waals surface area contributed by atoms with Gasteiger partial charge in [0.15, 0.2) is 0 Å². The zero-order valence-electron chi connectivity index (χ0n) is 12.3. The normalized spacial score (nSPS) is 21.0. The van der Waals surface area contributed by atoms with Gasteiger partial charge in [-0.2, -0.15) is 0 Å². The van der Waals surface area contributed by atoms with Crippen LogP contribution >= 0.6 is 11.6 Å². The number of benzene rings is 1. The van der Waals surface area contributed by atoms with Gasteiger partial charge in [-0.25, -0.2) is 0 Å². The Hall–Kier alpha value is -1.43. The van der Waals surface area contributed by atoms with Crippen molar-refractivity contribution >= 4 is 23.4 Å². The lowest BCUT2D eigenvalue weighted by molar-refractivity contribution is -0.150. The monoisotopic (exact) mass is 309 g/mol. The van der Waals surface area contributed by atoms with Crippen LogP contribution in [0.2, 0.25) is 5.02 Å². The second-order valence-corrected chi connectivity index (χ2v) is 5.96. The molecule has 2 rings (SSSR count). The van der Waals surface area contributed by atoms with Crippen molar-refractivity contribution in [1.82, 2.24) is 9.80 Å². The summed E-state index contributed by atoms with van der Waals surface area (Å²) in [5.74, 6) is -0.436. The predicted octanol–water partition coefficient (Wildman–Crippen LogP) is 1.42. The Bertz CT molecular complexity index is 530. The molecule has 114 valence electrons. The molecule has 1 fully saturated rings. The molecule has 0 radical (unpaired) electrons. The maximum atomic E-state index is 12.1. The van der Waals surface area contributed by atoms with E-state index < -0.39 is 6.04 Å². The molecule has 0 saturated carbocycles. The van der Waals surface area contributed by atoms with Gasteiger partial charge < -0.3 is 10.6 Å². The fourth-order valence-electron chi connectivity index (χ4n) is 2.48. The van der Waals surface area contributed by atoms with Crippen LogP contribution in [0, 0.1) is 0 Å². The molecule has 5 nitrogen and oxygen atoms in total. The Morgan fingerprint density at radius 1 is 1.33 bits per heavy atom. The number of carbonyl (C=O) groups is 2. The average molecular weight is 310 g/mol. The van der Waals surface area contributed by atoms with Gasteiger partial charge in [0.2, 0.25) is 11.8 Å². The lowest BCUT2D eigenvalue weighted by Gasteiger charge is -2.34. The van der Waals surface area contributed by atoms with Gasteiger partial charge >= 0.3 is 0 Å².